The molecule has 0 saturated carbocycles. The van der Waals surface area contributed by atoms with Gasteiger partial charge in [0.05, 0.1) is 0 Å². The summed E-state index contributed by atoms with van der Waals surface area (Å²) in [4.78, 5) is 12.2. The highest BCUT2D eigenvalue weighted by atomic mass is 16.1. The van der Waals surface area contributed by atoms with E-state index < -0.39 is 0 Å². The number of aryl methyl sites for hydroxylation is 1. The summed E-state index contributed by atoms with van der Waals surface area (Å²) in [6.45, 7) is 4.22. The van der Waals surface area contributed by atoms with Gasteiger partial charge in [-0.25, -0.2) is 0 Å². The van der Waals surface area contributed by atoms with Crippen LogP contribution >= 0.6 is 0 Å². The molecular formula is C13H17N3O. The lowest BCUT2D eigenvalue weighted by Gasteiger charge is -2.07. The fourth-order valence-electron chi connectivity index (χ4n) is 1.85. The van der Waals surface area contributed by atoms with Crippen LogP contribution in [0.3, 0.4) is 0 Å². The minimum atomic E-state index is 0.0277. The Morgan fingerprint density at radius 1 is 1.29 bits per heavy atom. The molecule has 2 aromatic heterocycles. The van der Waals surface area contributed by atoms with Crippen LogP contribution in [0.4, 0.5) is 0 Å². The van der Waals surface area contributed by atoms with Crippen LogP contribution in [-0.4, -0.2) is 14.3 Å². The first kappa shape index (κ1) is 11.6. The van der Waals surface area contributed by atoms with Gasteiger partial charge in [0, 0.05) is 31.1 Å². The summed E-state index contributed by atoms with van der Waals surface area (Å²) in [7, 11) is 1.84. The maximum Gasteiger partial charge on any atom is 0.259 e. The molecule has 2 heterocycles. The van der Waals surface area contributed by atoms with Crippen molar-refractivity contribution in [1.82, 2.24) is 14.3 Å². The van der Waals surface area contributed by atoms with Gasteiger partial charge in [0.1, 0.15) is 0 Å². The Morgan fingerprint density at radius 2 is 2.06 bits per heavy atom. The molecule has 0 aliphatic heterocycles. The van der Waals surface area contributed by atoms with E-state index in [1.54, 1.807) is 15.4 Å². The van der Waals surface area contributed by atoms with Gasteiger partial charge in [-0.2, -0.15) is 5.10 Å². The standard InChI is InChI=1S/C13H17N3O/c1-10(2)9-11-5-4-7-16(13(11)17)12-6-8-15(3)14-12/h4-8,10H,9H2,1-3H3. The number of nitrogens with zero attached hydrogens (tertiary/aromatic N) is 3. The predicted molar refractivity (Wildman–Crippen MR) is 67.3 cm³/mol. The summed E-state index contributed by atoms with van der Waals surface area (Å²) >= 11 is 0. The quantitative estimate of drug-likeness (QED) is 0.807. The van der Waals surface area contributed by atoms with Gasteiger partial charge in [-0.1, -0.05) is 19.9 Å². The van der Waals surface area contributed by atoms with Gasteiger partial charge in [0.25, 0.3) is 5.56 Å². The van der Waals surface area contributed by atoms with E-state index in [1.165, 1.54) is 0 Å². The van der Waals surface area contributed by atoms with Crippen LogP contribution in [0.2, 0.25) is 0 Å². The largest absolute Gasteiger partial charge is 0.274 e. The second-order valence-electron chi connectivity index (χ2n) is 4.65. The van der Waals surface area contributed by atoms with Gasteiger partial charge in [0.15, 0.2) is 5.82 Å². The molecule has 0 unspecified atom stereocenters. The molecule has 0 aliphatic carbocycles. The third-order valence-corrected chi connectivity index (χ3v) is 2.60. The lowest BCUT2D eigenvalue weighted by Crippen LogP contribution is -2.22. The summed E-state index contributed by atoms with van der Waals surface area (Å²) in [6.07, 6.45) is 4.39. The molecule has 0 atom stereocenters. The Hall–Kier alpha value is -1.84. The minimum Gasteiger partial charge on any atom is -0.274 e. The van der Waals surface area contributed by atoms with Crippen LogP contribution in [-0.2, 0) is 13.5 Å². The molecule has 0 aliphatic rings. The molecule has 0 N–H and O–H groups in total. The molecule has 0 amide bonds. The molecule has 0 bridgehead atoms. The zero-order chi connectivity index (χ0) is 12.4. The van der Waals surface area contributed by atoms with Crippen molar-refractivity contribution in [3.8, 4) is 5.82 Å². The van der Waals surface area contributed by atoms with E-state index in [0.717, 1.165) is 12.0 Å². The number of pyridine rings is 1. The Balaban J connectivity index is 2.46. The smallest absolute Gasteiger partial charge is 0.259 e. The molecule has 17 heavy (non-hydrogen) atoms. The second kappa shape index (κ2) is 4.57. The summed E-state index contributed by atoms with van der Waals surface area (Å²) in [5.74, 6) is 1.14. The molecule has 0 spiro atoms. The zero-order valence-electron chi connectivity index (χ0n) is 10.4. The van der Waals surface area contributed by atoms with Gasteiger partial charge in [0.2, 0.25) is 0 Å². The van der Waals surface area contributed by atoms with Crippen molar-refractivity contribution in [2.24, 2.45) is 13.0 Å². The van der Waals surface area contributed by atoms with Gasteiger partial charge >= 0.3 is 0 Å². The third kappa shape index (κ3) is 2.46. The topological polar surface area (TPSA) is 39.8 Å². The first-order valence-corrected chi connectivity index (χ1v) is 5.78. The van der Waals surface area contributed by atoms with Crippen molar-refractivity contribution in [2.45, 2.75) is 20.3 Å². The van der Waals surface area contributed by atoms with Crippen molar-refractivity contribution in [3.05, 3.63) is 46.5 Å². The molecular weight excluding hydrogens is 214 g/mol. The van der Waals surface area contributed by atoms with E-state index in [4.69, 9.17) is 0 Å². The fourth-order valence-corrected chi connectivity index (χ4v) is 1.85. The molecule has 4 heteroatoms. The van der Waals surface area contributed by atoms with Crippen molar-refractivity contribution in [1.29, 1.82) is 0 Å². The average molecular weight is 231 g/mol. The maximum absolute atomic E-state index is 12.2. The van der Waals surface area contributed by atoms with Crippen molar-refractivity contribution in [2.75, 3.05) is 0 Å². The van der Waals surface area contributed by atoms with Crippen LogP contribution in [0.1, 0.15) is 19.4 Å². The van der Waals surface area contributed by atoms with Gasteiger partial charge < -0.3 is 0 Å². The molecule has 0 saturated heterocycles. The lowest BCUT2D eigenvalue weighted by molar-refractivity contribution is 0.638. The highest BCUT2D eigenvalue weighted by Crippen LogP contribution is 2.05. The van der Waals surface area contributed by atoms with E-state index in [1.807, 2.05) is 31.4 Å². The normalized spacial score (nSPS) is 11.1. The Bertz CT molecular complexity index is 566. The van der Waals surface area contributed by atoms with Crippen molar-refractivity contribution in [3.63, 3.8) is 0 Å². The van der Waals surface area contributed by atoms with Gasteiger partial charge in [-0.3, -0.25) is 14.0 Å². The summed E-state index contributed by atoms with van der Waals surface area (Å²) in [6, 6.07) is 5.62. The Morgan fingerprint density at radius 3 is 2.65 bits per heavy atom. The Kier molecular flexibility index (Phi) is 3.13. The minimum absolute atomic E-state index is 0.0277. The summed E-state index contributed by atoms with van der Waals surface area (Å²) in [5.41, 5.74) is 0.869. The molecule has 0 fully saturated rings. The second-order valence-corrected chi connectivity index (χ2v) is 4.65. The van der Waals surface area contributed by atoms with Crippen LogP contribution in [0.5, 0.6) is 0 Å². The molecule has 2 rings (SSSR count). The third-order valence-electron chi connectivity index (χ3n) is 2.60. The predicted octanol–water partition coefficient (Wildman–Crippen LogP) is 1.77. The van der Waals surface area contributed by atoms with Gasteiger partial charge in [-0.05, 0) is 18.4 Å². The highest BCUT2D eigenvalue weighted by molar-refractivity contribution is 5.24. The maximum atomic E-state index is 12.2. The molecule has 4 nitrogen and oxygen atoms in total. The summed E-state index contributed by atoms with van der Waals surface area (Å²) < 4.78 is 3.29. The first-order chi connectivity index (χ1) is 8.08. The van der Waals surface area contributed by atoms with E-state index in [0.29, 0.717) is 11.7 Å². The highest BCUT2D eigenvalue weighted by Gasteiger charge is 2.08. The molecule has 90 valence electrons. The molecule has 0 aromatic carbocycles. The van der Waals surface area contributed by atoms with Crippen LogP contribution in [0.25, 0.3) is 5.82 Å². The van der Waals surface area contributed by atoms with Crippen molar-refractivity contribution >= 4 is 0 Å². The number of hydrogen-bond acceptors (Lipinski definition) is 2. The molecule has 0 radical (unpaired) electrons. The van der Waals surface area contributed by atoms with E-state index in [2.05, 4.69) is 18.9 Å². The number of rotatable bonds is 3. The fraction of sp³-hybridized carbons (Fsp3) is 0.385. The van der Waals surface area contributed by atoms with E-state index in [-0.39, 0.29) is 5.56 Å². The van der Waals surface area contributed by atoms with Crippen molar-refractivity contribution < 1.29 is 0 Å². The number of aromatic nitrogens is 3. The average Bonchev–Trinajstić information content (AvgIpc) is 2.67. The Labute approximate surface area is 101 Å². The SMILES string of the molecule is CC(C)Cc1cccn(-c2ccn(C)n2)c1=O. The van der Waals surface area contributed by atoms with E-state index in [9.17, 15) is 4.79 Å². The number of hydrogen-bond donors (Lipinski definition) is 0. The zero-order valence-corrected chi connectivity index (χ0v) is 10.4. The first-order valence-electron chi connectivity index (χ1n) is 5.78. The van der Waals surface area contributed by atoms with Crippen LogP contribution in [0.15, 0.2) is 35.4 Å². The lowest BCUT2D eigenvalue weighted by atomic mass is 10.0. The summed E-state index contributed by atoms with van der Waals surface area (Å²) in [5, 5.41) is 4.24. The van der Waals surface area contributed by atoms with Crippen LogP contribution < -0.4 is 5.56 Å². The van der Waals surface area contributed by atoms with E-state index >= 15 is 0 Å². The molecule has 2 aromatic rings. The monoisotopic (exact) mass is 231 g/mol. The van der Waals surface area contributed by atoms with Gasteiger partial charge in [-0.15, -0.1) is 0 Å². The van der Waals surface area contributed by atoms with Crippen LogP contribution in [0, 0.1) is 5.92 Å².